The number of benzene rings is 1. The summed E-state index contributed by atoms with van der Waals surface area (Å²) in [5.41, 5.74) is 10.5. The number of hydrogen-bond donors (Lipinski definition) is 2. The predicted molar refractivity (Wildman–Crippen MR) is 74.7 cm³/mol. The Morgan fingerprint density at radius 2 is 1.89 bits per heavy atom. The molecule has 0 aliphatic carbocycles. The molecule has 3 N–H and O–H groups in total. The molecule has 1 aromatic carbocycles. The Hall–Kier alpha value is -1.84. The van der Waals surface area contributed by atoms with E-state index < -0.39 is 6.03 Å². The van der Waals surface area contributed by atoms with Crippen molar-refractivity contribution in [3.63, 3.8) is 0 Å². The van der Waals surface area contributed by atoms with Gasteiger partial charge in [-0.25, -0.2) is 10.2 Å². The van der Waals surface area contributed by atoms with Crippen LogP contribution >= 0.6 is 0 Å². The summed E-state index contributed by atoms with van der Waals surface area (Å²) < 4.78 is 0. The van der Waals surface area contributed by atoms with Crippen molar-refractivity contribution in [1.82, 2.24) is 5.43 Å². The van der Waals surface area contributed by atoms with Crippen LogP contribution in [-0.4, -0.2) is 11.7 Å². The van der Waals surface area contributed by atoms with E-state index in [1.54, 1.807) is 0 Å². The third-order valence-electron chi connectivity index (χ3n) is 2.89. The zero-order chi connectivity index (χ0) is 13.8. The lowest BCUT2D eigenvalue weighted by Crippen LogP contribution is -2.27. The van der Waals surface area contributed by atoms with Crippen LogP contribution < -0.4 is 11.2 Å². The lowest BCUT2D eigenvalue weighted by Gasteiger charge is -2.25. The van der Waals surface area contributed by atoms with Gasteiger partial charge in [-0.3, -0.25) is 0 Å². The van der Waals surface area contributed by atoms with Crippen molar-refractivity contribution in [3.8, 4) is 0 Å². The molecular weight excluding hydrogens is 226 g/mol. The van der Waals surface area contributed by atoms with Gasteiger partial charge >= 0.3 is 6.03 Å². The summed E-state index contributed by atoms with van der Waals surface area (Å²) in [7, 11) is 0. The van der Waals surface area contributed by atoms with Gasteiger partial charge in [0, 0.05) is 5.71 Å². The molecule has 0 aliphatic heterocycles. The van der Waals surface area contributed by atoms with Crippen molar-refractivity contribution in [2.24, 2.45) is 10.8 Å². The molecule has 0 heterocycles. The fraction of sp³-hybridized carbons (Fsp3) is 0.429. The number of nitrogens with one attached hydrogen (secondary N) is 1. The number of hydrogen-bond acceptors (Lipinski definition) is 2. The van der Waals surface area contributed by atoms with Crippen LogP contribution in [0.15, 0.2) is 29.4 Å². The number of nitrogens with two attached hydrogens (primary N) is 1. The van der Waals surface area contributed by atoms with Crippen molar-refractivity contribution < 1.29 is 4.79 Å². The van der Waals surface area contributed by atoms with E-state index in [1.165, 1.54) is 11.1 Å². The van der Waals surface area contributed by atoms with E-state index in [0.29, 0.717) is 0 Å². The van der Waals surface area contributed by atoms with Gasteiger partial charge in [0.1, 0.15) is 0 Å². The summed E-state index contributed by atoms with van der Waals surface area (Å²) in [6.45, 7) is 8.26. The second-order valence-corrected chi connectivity index (χ2v) is 5.25. The molecule has 0 saturated carbocycles. The molecule has 0 atom stereocenters. The maximum atomic E-state index is 10.6. The van der Waals surface area contributed by atoms with E-state index in [1.807, 2.05) is 6.92 Å². The molecule has 1 rings (SSSR count). The highest BCUT2D eigenvalue weighted by molar-refractivity contribution is 5.84. The topological polar surface area (TPSA) is 67.5 Å². The number of aryl methyl sites for hydroxylation is 1. The Morgan fingerprint density at radius 1 is 1.33 bits per heavy atom. The molecular formula is C14H21N3O. The highest BCUT2D eigenvalue weighted by Gasteiger charge is 2.21. The third kappa shape index (κ3) is 4.20. The Bertz CT molecular complexity index is 447. The Kier molecular flexibility index (Phi) is 4.48. The summed E-state index contributed by atoms with van der Waals surface area (Å²) in [6.07, 6.45) is 0.760. The highest BCUT2D eigenvalue weighted by Crippen LogP contribution is 2.27. The zero-order valence-corrected chi connectivity index (χ0v) is 11.4. The quantitative estimate of drug-likeness (QED) is 0.623. The molecule has 2 amide bonds. The van der Waals surface area contributed by atoms with Crippen LogP contribution in [0.25, 0.3) is 0 Å². The number of carbonyl (C=O) groups excluding carboxylic acids is 1. The van der Waals surface area contributed by atoms with E-state index in [-0.39, 0.29) is 5.41 Å². The average Bonchev–Trinajstić information content (AvgIpc) is 2.26. The summed E-state index contributed by atoms with van der Waals surface area (Å²) in [5, 5.41) is 3.94. The smallest absolute Gasteiger partial charge is 0.332 e. The van der Waals surface area contributed by atoms with Crippen LogP contribution in [-0.2, 0) is 5.41 Å². The van der Waals surface area contributed by atoms with E-state index in [2.05, 4.69) is 55.6 Å². The van der Waals surface area contributed by atoms with Crippen LogP contribution in [0.4, 0.5) is 4.79 Å². The average molecular weight is 247 g/mol. The maximum absolute atomic E-state index is 10.6. The molecule has 0 saturated heterocycles. The molecule has 0 spiro atoms. The van der Waals surface area contributed by atoms with Crippen molar-refractivity contribution in [2.45, 2.75) is 39.5 Å². The van der Waals surface area contributed by atoms with Crippen LogP contribution in [0.1, 0.15) is 38.3 Å². The first-order valence-corrected chi connectivity index (χ1v) is 5.97. The first-order valence-electron chi connectivity index (χ1n) is 5.97. The van der Waals surface area contributed by atoms with E-state index >= 15 is 0 Å². The van der Waals surface area contributed by atoms with Gasteiger partial charge < -0.3 is 5.73 Å². The van der Waals surface area contributed by atoms with Gasteiger partial charge in [-0.1, -0.05) is 43.7 Å². The molecule has 1 aromatic rings. The SMILES string of the molecule is C/C(CC(C)(C)c1ccc(C)cc1)=N\NC(N)=O. The van der Waals surface area contributed by atoms with Crippen LogP contribution in [0.3, 0.4) is 0 Å². The fourth-order valence-electron chi connectivity index (χ4n) is 1.94. The Morgan fingerprint density at radius 3 is 2.39 bits per heavy atom. The highest BCUT2D eigenvalue weighted by atomic mass is 16.2. The largest absolute Gasteiger partial charge is 0.350 e. The van der Waals surface area contributed by atoms with Gasteiger partial charge in [0.2, 0.25) is 0 Å². The lowest BCUT2D eigenvalue weighted by atomic mass is 9.80. The van der Waals surface area contributed by atoms with Crippen molar-refractivity contribution in [3.05, 3.63) is 35.4 Å². The monoisotopic (exact) mass is 247 g/mol. The number of nitrogens with zero attached hydrogens (tertiary/aromatic N) is 1. The number of urea groups is 1. The molecule has 0 aliphatic rings. The third-order valence-corrected chi connectivity index (χ3v) is 2.89. The second-order valence-electron chi connectivity index (χ2n) is 5.25. The molecule has 0 radical (unpaired) electrons. The number of primary amides is 1. The van der Waals surface area contributed by atoms with Crippen LogP contribution in [0.2, 0.25) is 0 Å². The number of rotatable bonds is 4. The van der Waals surface area contributed by atoms with Gasteiger partial charge in [-0.05, 0) is 31.2 Å². The number of hydrazone groups is 1. The minimum absolute atomic E-state index is 0.0272. The van der Waals surface area contributed by atoms with Gasteiger partial charge in [0.15, 0.2) is 0 Å². The molecule has 4 nitrogen and oxygen atoms in total. The molecule has 4 heteroatoms. The number of carbonyl (C=O) groups is 1. The molecule has 0 fully saturated rings. The second kappa shape index (κ2) is 5.67. The fourth-order valence-corrected chi connectivity index (χ4v) is 1.94. The van der Waals surface area contributed by atoms with Crippen LogP contribution in [0.5, 0.6) is 0 Å². The Balaban J connectivity index is 2.78. The van der Waals surface area contributed by atoms with E-state index in [9.17, 15) is 4.79 Å². The van der Waals surface area contributed by atoms with Gasteiger partial charge in [-0.2, -0.15) is 5.10 Å². The predicted octanol–water partition coefficient (Wildman–Crippen LogP) is 2.71. The van der Waals surface area contributed by atoms with Crippen LogP contribution in [0, 0.1) is 6.92 Å². The van der Waals surface area contributed by atoms with Crippen molar-refractivity contribution in [2.75, 3.05) is 0 Å². The van der Waals surface area contributed by atoms with E-state index in [4.69, 9.17) is 5.73 Å². The lowest BCUT2D eigenvalue weighted by molar-refractivity contribution is 0.249. The van der Waals surface area contributed by atoms with Crippen molar-refractivity contribution >= 4 is 11.7 Å². The zero-order valence-electron chi connectivity index (χ0n) is 11.4. The first kappa shape index (κ1) is 14.2. The summed E-state index contributed by atoms with van der Waals surface area (Å²) in [6, 6.07) is 7.83. The van der Waals surface area contributed by atoms with E-state index in [0.717, 1.165) is 12.1 Å². The molecule has 0 aromatic heterocycles. The van der Waals surface area contributed by atoms with Gasteiger partial charge in [-0.15, -0.1) is 0 Å². The molecule has 98 valence electrons. The summed E-state index contributed by atoms with van der Waals surface area (Å²) in [4.78, 5) is 10.6. The minimum atomic E-state index is -0.637. The molecule has 0 bridgehead atoms. The van der Waals surface area contributed by atoms with Gasteiger partial charge in [0.25, 0.3) is 0 Å². The maximum Gasteiger partial charge on any atom is 0.332 e. The Labute approximate surface area is 108 Å². The minimum Gasteiger partial charge on any atom is -0.350 e. The summed E-state index contributed by atoms with van der Waals surface area (Å²) >= 11 is 0. The first-order chi connectivity index (χ1) is 8.31. The van der Waals surface area contributed by atoms with Gasteiger partial charge in [0.05, 0.1) is 0 Å². The normalized spacial score (nSPS) is 12.3. The van der Waals surface area contributed by atoms with Crippen molar-refractivity contribution in [1.29, 1.82) is 0 Å². The standard InChI is InChI=1S/C14H21N3O/c1-10-5-7-12(8-6-10)14(3,4)9-11(2)16-17-13(15)18/h5-8H,9H2,1-4H3,(H3,15,17,18)/b16-11+. The molecule has 0 unspecified atom stereocenters. The number of amides is 2. The molecule has 18 heavy (non-hydrogen) atoms. The summed E-state index contributed by atoms with van der Waals surface area (Å²) in [5.74, 6) is 0.